The number of carboxylic acid groups (broad SMARTS) is 1. The van der Waals surface area contributed by atoms with Crippen molar-refractivity contribution in [2.75, 3.05) is 0 Å². The van der Waals surface area contributed by atoms with Crippen LogP contribution >= 0.6 is 0 Å². The molecular weight excluding hydrogens is 218 g/mol. The molecule has 0 unspecified atom stereocenters. The summed E-state index contributed by atoms with van der Waals surface area (Å²) in [4.78, 5) is 19.0. The number of hydrogen-bond donors (Lipinski definition) is 1. The average molecular weight is 231 g/mol. The van der Waals surface area contributed by atoms with E-state index in [9.17, 15) is 4.79 Å². The molecule has 5 nitrogen and oxygen atoms in total. The van der Waals surface area contributed by atoms with Crippen LogP contribution in [-0.4, -0.2) is 25.6 Å². The summed E-state index contributed by atoms with van der Waals surface area (Å²) >= 11 is 0. The van der Waals surface area contributed by atoms with Crippen LogP contribution in [0.15, 0.2) is 36.8 Å². The van der Waals surface area contributed by atoms with Crippen LogP contribution < -0.4 is 0 Å². The third-order valence-corrected chi connectivity index (χ3v) is 2.43. The van der Waals surface area contributed by atoms with Gasteiger partial charge in [-0.1, -0.05) is 6.07 Å². The first-order valence-corrected chi connectivity index (χ1v) is 5.37. The first-order chi connectivity index (χ1) is 8.25. The van der Waals surface area contributed by atoms with Crippen LogP contribution in [0.3, 0.4) is 0 Å². The molecule has 0 bridgehead atoms. The van der Waals surface area contributed by atoms with Gasteiger partial charge in [-0.15, -0.1) is 0 Å². The molecule has 0 aromatic carbocycles. The van der Waals surface area contributed by atoms with Gasteiger partial charge in [-0.25, -0.2) is 4.98 Å². The Morgan fingerprint density at radius 1 is 1.29 bits per heavy atom. The van der Waals surface area contributed by atoms with Crippen molar-refractivity contribution in [1.29, 1.82) is 0 Å². The summed E-state index contributed by atoms with van der Waals surface area (Å²) in [6.07, 6.45) is 5.93. The van der Waals surface area contributed by atoms with Gasteiger partial charge in [-0.05, 0) is 12.1 Å². The fourth-order valence-electron chi connectivity index (χ4n) is 1.59. The van der Waals surface area contributed by atoms with E-state index in [1.54, 1.807) is 18.6 Å². The highest BCUT2D eigenvalue weighted by Crippen LogP contribution is 2.06. The molecule has 2 aromatic rings. The molecule has 0 spiro atoms. The summed E-state index contributed by atoms with van der Waals surface area (Å²) in [7, 11) is 0. The van der Waals surface area contributed by atoms with Crippen LogP contribution in [0.5, 0.6) is 0 Å². The number of aryl methyl sites for hydroxylation is 1. The molecule has 0 saturated carbocycles. The predicted octanol–water partition coefficient (Wildman–Crippen LogP) is 1.34. The van der Waals surface area contributed by atoms with Crippen molar-refractivity contribution < 1.29 is 9.90 Å². The van der Waals surface area contributed by atoms with Gasteiger partial charge in [0.25, 0.3) is 0 Å². The third kappa shape index (κ3) is 3.14. The topological polar surface area (TPSA) is 68.0 Å². The van der Waals surface area contributed by atoms with Gasteiger partial charge in [-0.2, -0.15) is 0 Å². The number of aromatic nitrogens is 3. The van der Waals surface area contributed by atoms with Crippen molar-refractivity contribution in [3.63, 3.8) is 0 Å². The van der Waals surface area contributed by atoms with E-state index in [1.807, 2.05) is 22.8 Å². The monoisotopic (exact) mass is 231 g/mol. The lowest BCUT2D eigenvalue weighted by molar-refractivity contribution is -0.137. The summed E-state index contributed by atoms with van der Waals surface area (Å²) in [6.45, 7) is 0.442. The second kappa shape index (κ2) is 5.25. The maximum absolute atomic E-state index is 10.5. The Bertz CT molecular complexity index is 493. The van der Waals surface area contributed by atoms with Gasteiger partial charge in [-0.3, -0.25) is 9.78 Å². The number of rotatable bonds is 5. The van der Waals surface area contributed by atoms with E-state index in [1.165, 1.54) is 0 Å². The molecular formula is C12H13N3O2. The molecule has 0 saturated heterocycles. The van der Waals surface area contributed by atoms with Crippen LogP contribution in [0.1, 0.15) is 17.9 Å². The van der Waals surface area contributed by atoms with Crippen molar-refractivity contribution in [2.24, 2.45) is 0 Å². The zero-order chi connectivity index (χ0) is 12.1. The SMILES string of the molecule is O=C(O)CCn1ccnc1Cc1ccccn1. The smallest absolute Gasteiger partial charge is 0.305 e. The highest BCUT2D eigenvalue weighted by atomic mass is 16.4. The van der Waals surface area contributed by atoms with E-state index < -0.39 is 5.97 Å². The maximum atomic E-state index is 10.5. The molecule has 0 radical (unpaired) electrons. The Balaban J connectivity index is 2.06. The van der Waals surface area contributed by atoms with Crippen molar-refractivity contribution in [1.82, 2.24) is 14.5 Å². The lowest BCUT2D eigenvalue weighted by Gasteiger charge is -2.05. The average Bonchev–Trinajstić information content (AvgIpc) is 2.75. The van der Waals surface area contributed by atoms with E-state index in [2.05, 4.69) is 9.97 Å². The highest BCUT2D eigenvalue weighted by Gasteiger charge is 2.06. The van der Waals surface area contributed by atoms with Gasteiger partial charge >= 0.3 is 5.97 Å². The molecule has 0 atom stereocenters. The molecule has 2 heterocycles. The zero-order valence-electron chi connectivity index (χ0n) is 9.28. The quantitative estimate of drug-likeness (QED) is 0.843. The van der Waals surface area contributed by atoms with E-state index in [0.29, 0.717) is 13.0 Å². The lowest BCUT2D eigenvalue weighted by atomic mass is 10.2. The number of aliphatic carboxylic acids is 1. The van der Waals surface area contributed by atoms with E-state index >= 15 is 0 Å². The van der Waals surface area contributed by atoms with Crippen molar-refractivity contribution in [3.05, 3.63) is 48.3 Å². The lowest BCUT2D eigenvalue weighted by Crippen LogP contribution is -2.08. The molecule has 5 heteroatoms. The Kier molecular flexibility index (Phi) is 3.49. The second-order valence-corrected chi connectivity index (χ2v) is 3.68. The minimum Gasteiger partial charge on any atom is -0.481 e. The van der Waals surface area contributed by atoms with E-state index in [0.717, 1.165) is 11.5 Å². The van der Waals surface area contributed by atoms with Gasteiger partial charge in [0.05, 0.1) is 6.42 Å². The molecule has 17 heavy (non-hydrogen) atoms. The standard InChI is InChI=1S/C12H13N3O2/c16-12(17)4-7-15-8-6-14-11(15)9-10-3-1-2-5-13-10/h1-3,5-6,8H,4,7,9H2,(H,16,17). The number of carboxylic acids is 1. The van der Waals surface area contributed by atoms with Gasteiger partial charge in [0.15, 0.2) is 0 Å². The summed E-state index contributed by atoms with van der Waals surface area (Å²) in [5.41, 5.74) is 0.926. The Morgan fingerprint density at radius 2 is 2.18 bits per heavy atom. The summed E-state index contributed by atoms with van der Waals surface area (Å²) in [5.74, 6) is 0.0347. The van der Waals surface area contributed by atoms with Crippen molar-refractivity contribution in [3.8, 4) is 0 Å². The summed E-state index contributed by atoms with van der Waals surface area (Å²) in [6, 6.07) is 5.71. The zero-order valence-corrected chi connectivity index (χ0v) is 9.28. The van der Waals surface area contributed by atoms with Gasteiger partial charge < -0.3 is 9.67 Å². The van der Waals surface area contributed by atoms with Gasteiger partial charge in [0.2, 0.25) is 0 Å². The molecule has 0 aliphatic carbocycles. The summed E-state index contributed by atoms with van der Waals surface area (Å²) < 4.78 is 1.85. The number of nitrogens with zero attached hydrogens (tertiary/aromatic N) is 3. The van der Waals surface area contributed by atoms with Gasteiger partial charge in [0.1, 0.15) is 5.82 Å². The predicted molar refractivity (Wildman–Crippen MR) is 61.5 cm³/mol. The first kappa shape index (κ1) is 11.3. The van der Waals surface area contributed by atoms with E-state index in [-0.39, 0.29) is 6.42 Å². The molecule has 88 valence electrons. The molecule has 0 aliphatic heterocycles. The largest absolute Gasteiger partial charge is 0.481 e. The Hall–Kier alpha value is -2.17. The molecule has 0 aliphatic rings. The van der Waals surface area contributed by atoms with Crippen LogP contribution in [-0.2, 0) is 17.8 Å². The molecule has 1 N–H and O–H groups in total. The fourth-order valence-corrected chi connectivity index (χ4v) is 1.59. The minimum absolute atomic E-state index is 0.103. The van der Waals surface area contributed by atoms with Crippen LogP contribution in [0.25, 0.3) is 0 Å². The molecule has 2 rings (SSSR count). The van der Waals surface area contributed by atoms with Gasteiger partial charge in [0, 0.05) is 37.3 Å². The normalized spacial score (nSPS) is 10.4. The fraction of sp³-hybridized carbons (Fsp3) is 0.250. The van der Waals surface area contributed by atoms with E-state index in [4.69, 9.17) is 5.11 Å². The number of carbonyl (C=O) groups is 1. The Labute approximate surface area is 98.8 Å². The van der Waals surface area contributed by atoms with Crippen molar-refractivity contribution in [2.45, 2.75) is 19.4 Å². The van der Waals surface area contributed by atoms with Crippen LogP contribution in [0.4, 0.5) is 0 Å². The highest BCUT2D eigenvalue weighted by molar-refractivity contribution is 5.66. The number of pyridine rings is 1. The number of hydrogen-bond acceptors (Lipinski definition) is 3. The molecule has 0 amide bonds. The molecule has 0 fully saturated rings. The van der Waals surface area contributed by atoms with Crippen LogP contribution in [0, 0.1) is 0 Å². The summed E-state index contributed by atoms with van der Waals surface area (Å²) in [5, 5.41) is 8.65. The number of imidazole rings is 1. The Morgan fingerprint density at radius 3 is 2.88 bits per heavy atom. The minimum atomic E-state index is -0.803. The van der Waals surface area contributed by atoms with Crippen LogP contribution in [0.2, 0.25) is 0 Å². The second-order valence-electron chi connectivity index (χ2n) is 3.68. The maximum Gasteiger partial charge on any atom is 0.305 e. The third-order valence-electron chi connectivity index (χ3n) is 2.43. The first-order valence-electron chi connectivity index (χ1n) is 5.37. The molecule has 2 aromatic heterocycles. The van der Waals surface area contributed by atoms with Crippen molar-refractivity contribution >= 4 is 5.97 Å².